The predicted octanol–water partition coefficient (Wildman–Crippen LogP) is 15.5. The van der Waals surface area contributed by atoms with Crippen LogP contribution in [-0.4, -0.2) is 73.1 Å². The van der Waals surface area contributed by atoms with Crippen LogP contribution in [0.5, 0.6) is 11.5 Å². The first-order chi connectivity index (χ1) is 34.2. The Labute approximate surface area is 461 Å². The van der Waals surface area contributed by atoms with Crippen molar-refractivity contribution in [1.82, 2.24) is 19.1 Å². The third kappa shape index (κ3) is 20.7. The fourth-order valence-corrected chi connectivity index (χ4v) is 11.8. The van der Waals surface area contributed by atoms with E-state index < -0.39 is 18.4 Å². The van der Waals surface area contributed by atoms with Crippen molar-refractivity contribution in [2.75, 3.05) is 13.2 Å². The molecule has 6 rings (SSSR count). The van der Waals surface area contributed by atoms with Crippen LogP contribution in [0.3, 0.4) is 0 Å². The molecule has 396 valence electrons. The molecule has 12 heteroatoms. The molecule has 6 aromatic rings. The maximum absolute atomic E-state index is 9.58. The van der Waals surface area contributed by atoms with Gasteiger partial charge in [-0.2, -0.15) is 0 Å². The van der Waals surface area contributed by atoms with Crippen molar-refractivity contribution in [2.24, 2.45) is 25.9 Å². The molecule has 0 amide bonds. The maximum atomic E-state index is 9.58. The average molecular weight is 1210 g/mol. The zero-order valence-corrected chi connectivity index (χ0v) is 52.2. The van der Waals surface area contributed by atoms with Crippen LogP contribution in [0.4, 0.5) is 0 Å². The van der Waals surface area contributed by atoms with Gasteiger partial charge in [0, 0.05) is 41.9 Å². The summed E-state index contributed by atoms with van der Waals surface area (Å²) in [5.41, 5.74) is 6.80. The van der Waals surface area contributed by atoms with E-state index in [2.05, 4.69) is 169 Å². The molecule has 0 bridgehead atoms. The van der Waals surface area contributed by atoms with E-state index in [1.54, 1.807) is 0 Å². The number of imidazole rings is 2. The van der Waals surface area contributed by atoms with Crippen molar-refractivity contribution >= 4 is 73.4 Å². The fourth-order valence-electron chi connectivity index (χ4n) is 8.16. The Hall–Kier alpha value is -3.84. The molecular weight excluding hydrogens is 1120 g/mol. The van der Waals surface area contributed by atoms with Gasteiger partial charge >= 0.3 is 91.7 Å². The minimum absolute atomic E-state index is 0.00277. The summed E-state index contributed by atoms with van der Waals surface area (Å²) in [4.78, 5) is 16.9. The van der Waals surface area contributed by atoms with Gasteiger partial charge in [-0.05, 0) is 124 Å². The monoisotopic (exact) mass is 1200 g/mol. The van der Waals surface area contributed by atoms with E-state index in [1.807, 2.05) is 76.2 Å². The molecule has 2 N–H and O–H groups in total. The molecular formula is C61H83BrCl2N4O4Sn. The van der Waals surface area contributed by atoms with Crippen LogP contribution in [0.25, 0.3) is 23.4 Å². The summed E-state index contributed by atoms with van der Waals surface area (Å²) in [5, 5.41) is 20.1. The zero-order valence-electron chi connectivity index (χ0n) is 46.2. The molecule has 0 unspecified atom stereocenters. The van der Waals surface area contributed by atoms with Gasteiger partial charge < -0.3 is 24.3 Å². The molecule has 2 aromatic heterocycles. The van der Waals surface area contributed by atoms with Crippen LogP contribution < -0.4 is 13.2 Å². The second kappa shape index (κ2) is 28.3. The first-order valence-electron chi connectivity index (χ1n) is 25.6. The van der Waals surface area contributed by atoms with E-state index >= 15 is 0 Å². The Bertz CT molecular complexity index is 2690. The molecule has 0 saturated carbocycles. The molecule has 73 heavy (non-hydrogen) atoms. The van der Waals surface area contributed by atoms with Crippen molar-refractivity contribution in [3.63, 3.8) is 0 Å². The van der Waals surface area contributed by atoms with Gasteiger partial charge in [-0.1, -0.05) is 133 Å². The molecule has 0 aliphatic rings. The number of aliphatic hydroxyl groups excluding tert-OH is 2. The van der Waals surface area contributed by atoms with Gasteiger partial charge in [-0.15, -0.1) is 0 Å². The number of rotatable bonds is 18. The van der Waals surface area contributed by atoms with Crippen LogP contribution in [0, 0.1) is 11.8 Å². The van der Waals surface area contributed by atoms with Crippen molar-refractivity contribution in [1.29, 1.82) is 0 Å². The van der Waals surface area contributed by atoms with Crippen molar-refractivity contribution in [3.8, 4) is 22.8 Å². The van der Waals surface area contributed by atoms with Crippen LogP contribution in [0.15, 0.2) is 114 Å². The van der Waals surface area contributed by atoms with Gasteiger partial charge in [0.2, 0.25) is 0 Å². The molecule has 4 aromatic carbocycles. The van der Waals surface area contributed by atoms with Crippen molar-refractivity contribution in [3.05, 3.63) is 158 Å². The predicted molar refractivity (Wildman–Crippen MR) is 317 cm³/mol. The summed E-state index contributed by atoms with van der Waals surface area (Å²) in [6.07, 6.45) is 16.1. The molecule has 0 radical (unpaired) electrons. The summed E-state index contributed by atoms with van der Waals surface area (Å²) in [6.45, 7) is 21.4. The second-order valence-electron chi connectivity index (χ2n) is 22.6. The Morgan fingerprint density at radius 3 is 1.37 bits per heavy atom. The van der Waals surface area contributed by atoms with Gasteiger partial charge in [0.15, 0.2) is 0 Å². The summed E-state index contributed by atoms with van der Waals surface area (Å²) in [5.74, 6) is 4.18. The molecule has 2 atom stereocenters. The van der Waals surface area contributed by atoms with E-state index in [1.165, 1.54) is 20.7 Å². The summed E-state index contributed by atoms with van der Waals surface area (Å²) >= 11 is 14.2. The number of halogens is 3. The molecule has 2 heterocycles. The Kier molecular flexibility index (Phi) is 24.0. The number of benzene rings is 4. The number of hydrogen-bond donors (Lipinski definition) is 2. The first kappa shape index (κ1) is 61.7. The minimum atomic E-state index is -1.97. The average Bonchev–Trinajstić information content (AvgIpc) is 3.91. The van der Waals surface area contributed by atoms with Crippen molar-refractivity contribution in [2.45, 2.75) is 133 Å². The Balaban J connectivity index is 0.000000259. The Morgan fingerprint density at radius 2 is 1.03 bits per heavy atom. The number of ether oxygens (including phenoxy) is 2. The summed E-state index contributed by atoms with van der Waals surface area (Å²) in [7, 11) is 4.16. The molecule has 0 spiro atoms. The van der Waals surface area contributed by atoms with Crippen LogP contribution >= 0.6 is 39.1 Å². The number of aryl methyl sites for hydroxylation is 2. The van der Waals surface area contributed by atoms with Gasteiger partial charge in [-0.25, -0.2) is 4.98 Å². The standard InChI is InChI=1S/C29H37ClN2O2.C21H24BrClO2.C8H13N2.3CH3.Sn/c1-20(2)34-27-14-11-22(18-25(27)30)7-8-23(15-16-33)17-21-9-12-24(13-10-21)26-19-32(6)28(31-26)29(3,4)5;1-15(2)25-21-10-7-17(14-20(21)23)3-4-18(11-12-24)13-16-5-8-19(22)9-6-16;1-8(2,3)7-9-5-6-10(7)4;;;;/h7-14,18-20,23,33H,15-17H2,1-6H3;3-10,14-15,18,24H,11-13H2,1-2H3;6H,1-4H3;3*1H3;/b8-7+;4-3+;;;;;/t23-;18-;;;;;/m11...../s1. The van der Waals surface area contributed by atoms with Gasteiger partial charge in [0.1, 0.15) is 17.3 Å². The molecule has 0 aliphatic carbocycles. The van der Waals surface area contributed by atoms with Crippen LogP contribution in [-0.2, 0) is 37.8 Å². The number of nitrogens with zero attached hydrogens (tertiary/aromatic N) is 4. The molecule has 0 saturated heterocycles. The van der Waals surface area contributed by atoms with E-state index in [0.29, 0.717) is 28.0 Å². The second-order valence-corrected chi connectivity index (χ2v) is 38.6. The third-order valence-electron chi connectivity index (χ3n) is 11.8. The van der Waals surface area contributed by atoms with Gasteiger partial charge in [0.25, 0.3) is 0 Å². The summed E-state index contributed by atoms with van der Waals surface area (Å²) < 4.78 is 18.1. The number of aliphatic hydroxyl groups is 2. The number of allylic oxidation sites excluding steroid dienone is 2. The quantitative estimate of drug-likeness (QED) is 0.0833. The van der Waals surface area contributed by atoms with E-state index in [0.717, 1.165) is 51.9 Å². The van der Waals surface area contributed by atoms with Crippen LogP contribution in [0.2, 0.25) is 24.9 Å². The van der Waals surface area contributed by atoms with Gasteiger partial charge in [0.05, 0.1) is 27.9 Å². The van der Waals surface area contributed by atoms with E-state index in [-0.39, 0.29) is 48.1 Å². The topological polar surface area (TPSA) is 94.6 Å². The molecule has 8 nitrogen and oxygen atoms in total. The van der Waals surface area contributed by atoms with Crippen molar-refractivity contribution < 1.29 is 19.7 Å². The number of aromatic nitrogens is 4. The SMILES string of the molecule is CC(C)Oc1ccc(/C=C/[C@H](CCO)Cc2ccc(-c3cn(C)c(C(C)(C)C)n3)cc2)cc1Cl.CC(C)Oc1ccc(/C=C/[C@H](CCO)Cc2ccc(Br)cc2)cc1Cl.Cn1c[c]([Sn]([CH3])([CH3])[CH3])nc1C(C)(C)C. The fraction of sp³-hybridized carbons (Fsp3) is 0.443. The summed E-state index contributed by atoms with van der Waals surface area (Å²) in [6, 6.07) is 28.5. The van der Waals surface area contributed by atoms with E-state index in [4.69, 9.17) is 42.6 Å². The molecule has 0 aliphatic heterocycles. The Morgan fingerprint density at radius 1 is 0.616 bits per heavy atom. The molecule has 0 fully saturated rings. The first-order valence-corrected chi connectivity index (χ1v) is 37.1. The number of hydrogen-bond acceptors (Lipinski definition) is 6. The van der Waals surface area contributed by atoms with Gasteiger partial charge in [-0.3, -0.25) is 0 Å². The van der Waals surface area contributed by atoms with E-state index in [9.17, 15) is 10.2 Å². The zero-order chi connectivity index (χ0) is 54.3. The third-order valence-corrected chi connectivity index (χ3v) is 18.0. The van der Waals surface area contributed by atoms with Crippen LogP contribution in [0.1, 0.15) is 116 Å². The normalized spacial score (nSPS) is 13.0.